The van der Waals surface area contributed by atoms with Crippen LogP contribution in [0.15, 0.2) is 60.9 Å². The highest BCUT2D eigenvalue weighted by molar-refractivity contribution is 5.84. The lowest BCUT2D eigenvalue weighted by Gasteiger charge is -2.13. The molecule has 0 unspecified atom stereocenters. The average Bonchev–Trinajstić information content (AvgIpc) is 3.34. The van der Waals surface area contributed by atoms with Gasteiger partial charge >= 0.3 is 0 Å². The van der Waals surface area contributed by atoms with E-state index in [9.17, 15) is 0 Å². The van der Waals surface area contributed by atoms with Crippen molar-refractivity contribution in [2.45, 2.75) is 0 Å². The van der Waals surface area contributed by atoms with Crippen LogP contribution in [0.5, 0.6) is 11.6 Å². The highest BCUT2D eigenvalue weighted by Gasteiger charge is 2.15. The molecule has 29 heavy (non-hydrogen) atoms. The number of aromatic nitrogens is 5. The average molecular weight is 384 g/mol. The number of aromatic amines is 1. The summed E-state index contributed by atoms with van der Waals surface area (Å²) in [5, 5.41) is 6.19. The molecule has 0 spiro atoms. The standard InChI is InChI=1S/C22H20N6O/c1-27(2)16-6-4-14(5-7-16)20-25-21-18(13-24-28(21)3)22(26-20)29-17-8-9-19-15(12-17)10-11-23-19/h4-13,23H,1-3H3. The van der Waals surface area contributed by atoms with Crippen molar-refractivity contribution in [3.8, 4) is 23.0 Å². The lowest BCUT2D eigenvalue weighted by atomic mass is 10.2. The number of anilines is 1. The minimum atomic E-state index is 0.490. The second-order valence-electron chi connectivity index (χ2n) is 7.13. The SMILES string of the molecule is CN(C)c1ccc(-c2nc(Oc3ccc4[nH]ccc4c3)c3cnn(C)c3n2)cc1. The molecule has 3 heterocycles. The van der Waals surface area contributed by atoms with Crippen molar-refractivity contribution in [2.75, 3.05) is 19.0 Å². The summed E-state index contributed by atoms with van der Waals surface area (Å²) in [6.07, 6.45) is 3.65. The Labute approximate surface area is 167 Å². The summed E-state index contributed by atoms with van der Waals surface area (Å²) in [5.41, 5.74) is 3.83. The van der Waals surface area contributed by atoms with Gasteiger partial charge in [-0.05, 0) is 48.5 Å². The molecule has 5 rings (SSSR count). The third-order valence-electron chi connectivity index (χ3n) is 4.94. The van der Waals surface area contributed by atoms with Gasteiger partial charge in [0.1, 0.15) is 11.1 Å². The number of hydrogen-bond donors (Lipinski definition) is 1. The van der Waals surface area contributed by atoms with Crippen molar-refractivity contribution < 1.29 is 4.74 Å². The Balaban J connectivity index is 1.60. The summed E-state index contributed by atoms with van der Waals surface area (Å²) in [5.74, 6) is 1.81. The second kappa shape index (κ2) is 6.63. The molecule has 0 aliphatic rings. The summed E-state index contributed by atoms with van der Waals surface area (Å²) in [6, 6.07) is 16.0. The van der Waals surface area contributed by atoms with Crippen molar-refractivity contribution in [2.24, 2.45) is 7.05 Å². The van der Waals surface area contributed by atoms with Gasteiger partial charge in [-0.15, -0.1) is 0 Å². The Morgan fingerprint density at radius 3 is 2.62 bits per heavy atom. The van der Waals surface area contributed by atoms with E-state index < -0.39 is 0 Å². The topological polar surface area (TPSA) is 71.9 Å². The summed E-state index contributed by atoms with van der Waals surface area (Å²) < 4.78 is 7.91. The highest BCUT2D eigenvalue weighted by Crippen LogP contribution is 2.31. The van der Waals surface area contributed by atoms with E-state index in [2.05, 4.69) is 15.0 Å². The summed E-state index contributed by atoms with van der Waals surface area (Å²) in [7, 11) is 5.89. The molecule has 0 atom stereocenters. The molecular weight excluding hydrogens is 364 g/mol. The third kappa shape index (κ3) is 3.06. The number of nitrogens with zero attached hydrogens (tertiary/aromatic N) is 5. The van der Waals surface area contributed by atoms with Crippen LogP contribution in [0.1, 0.15) is 0 Å². The van der Waals surface area contributed by atoms with Crippen LogP contribution in [0.2, 0.25) is 0 Å². The zero-order valence-electron chi connectivity index (χ0n) is 16.4. The van der Waals surface area contributed by atoms with E-state index in [1.54, 1.807) is 10.9 Å². The zero-order chi connectivity index (χ0) is 20.0. The van der Waals surface area contributed by atoms with E-state index in [-0.39, 0.29) is 0 Å². The Hall–Kier alpha value is -3.87. The van der Waals surface area contributed by atoms with Crippen LogP contribution in [0, 0.1) is 0 Å². The van der Waals surface area contributed by atoms with Crippen LogP contribution in [-0.2, 0) is 7.05 Å². The van der Waals surface area contributed by atoms with Crippen molar-refractivity contribution in [3.63, 3.8) is 0 Å². The molecule has 0 amide bonds. The molecule has 2 aromatic carbocycles. The maximum Gasteiger partial charge on any atom is 0.234 e. The molecule has 0 fully saturated rings. The molecule has 3 aromatic heterocycles. The number of nitrogens with one attached hydrogen (secondary N) is 1. The number of hydrogen-bond acceptors (Lipinski definition) is 5. The smallest absolute Gasteiger partial charge is 0.234 e. The molecule has 0 bridgehead atoms. The van der Waals surface area contributed by atoms with Crippen LogP contribution < -0.4 is 9.64 Å². The van der Waals surface area contributed by atoms with Gasteiger partial charge in [-0.1, -0.05) is 0 Å². The van der Waals surface area contributed by atoms with Gasteiger partial charge in [0, 0.05) is 49.5 Å². The lowest BCUT2D eigenvalue weighted by Crippen LogP contribution is -2.08. The van der Waals surface area contributed by atoms with Gasteiger partial charge in [0.2, 0.25) is 5.88 Å². The predicted molar refractivity (Wildman–Crippen MR) is 114 cm³/mol. The molecule has 0 radical (unpaired) electrons. The molecular formula is C22H20N6O. The van der Waals surface area contributed by atoms with Crippen LogP contribution in [0.4, 0.5) is 5.69 Å². The third-order valence-corrected chi connectivity index (χ3v) is 4.94. The molecule has 0 aliphatic heterocycles. The zero-order valence-corrected chi connectivity index (χ0v) is 16.4. The monoisotopic (exact) mass is 384 g/mol. The van der Waals surface area contributed by atoms with Gasteiger partial charge in [-0.25, -0.2) is 4.98 Å². The Kier molecular flexibility index (Phi) is 3.94. The number of fused-ring (bicyclic) bond motifs is 2. The molecule has 5 aromatic rings. The van der Waals surface area contributed by atoms with E-state index in [1.165, 1.54) is 0 Å². The second-order valence-corrected chi connectivity index (χ2v) is 7.13. The van der Waals surface area contributed by atoms with Gasteiger partial charge in [-0.3, -0.25) is 4.68 Å². The fourth-order valence-electron chi connectivity index (χ4n) is 3.32. The maximum absolute atomic E-state index is 6.18. The van der Waals surface area contributed by atoms with Gasteiger partial charge in [0.25, 0.3) is 0 Å². The predicted octanol–water partition coefficient (Wildman–Crippen LogP) is 4.37. The molecule has 0 saturated carbocycles. The number of aryl methyl sites for hydroxylation is 1. The van der Waals surface area contributed by atoms with Crippen molar-refractivity contribution >= 4 is 27.6 Å². The quantitative estimate of drug-likeness (QED) is 0.498. The van der Waals surface area contributed by atoms with Crippen molar-refractivity contribution in [1.29, 1.82) is 0 Å². The normalized spacial score (nSPS) is 11.3. The molecule has 7 nitrogen and oxygen atoms in total. The van der Waals surface area contributed by atoms with E-state index in [4.69, 9.17) is 14.7 Å². The minimum absolute atomic E-state index is 0.490. The molecule has 0 aliphatic carbocycles. The van der Waals surface area contributed by atoms with Gasteiger partial charge < -0.3 is 14.6 Å². The Morgan fingerprint density at radius 2 is 1.83 bits per heavy atom. The summed E-state index contributed by atoms with van der Waals surface area (Å²) in [4.78, 5) is 14.7. The number of rotatable bonds is 4. The minimum Gasteiger partial charge on any atom is -0.438 e. The van der Waals surface area contributed by atoms with E-state index >= 15 is 0 Å². The first kappa shape index (κ1) is 17.2. The van der Waals surface area contributed by atoms with Crippen molar-refractivity contribution in [1.82, 2.24) is 24.7 Å². The van der Waals surface area contributed by atoms with Crippen LogP contribution in [-0.4, -0.2) is 38.8 Å². The van der Waals surface area contributed by atoms with Crippen molar-refractivity contribution in [3.05, 3.63) is 60.9 Å². The first-order chi connectivity index (χ1) is 14.1. The number of H-pyrrole nitrogens is 1. The lowest BCUT2D eigenvalue weighted by molar-refractivity contribution is 0.469. The largest absolute Gasteiger partial charge is 0.438 e. The van der Waals surface area contributed by atoms with E-state index in [1.807, 2.05) is 75.9 Å². The van der Waals surface area contributed by atoms with Gasteiger partial charge in [-0.2, -0.15) is 10.1 Å². The van der Waals surface area contributed by atoms with Gasteiger partial charge in [0.05, 0.1) is 6.20 Å². The molecule has 144 valence electrons. The summed E-state index contributed by atoms with van der Waals surface area (Å²) >= 11 is 0. The fraction of sp³-hybridized carbons (Fsp3) is 0.136. The number of ether oxygens (including phenoxy) is 1. The molecule has 7 heteroatoms. The Bertz CT molecular complexity index is 1320. The van der Waals surface area contributed by atoms with E-state index in [0.29, 0.717) is 11.7 Å². The van der Waals surface area contributed by atoms with Crippen LogP contribution >= 0.6 is 0 Å². The molecule has 0 saturated heterocycles. The van der Waals surface area contributed by atoms with Crippen LogP contribution in [0.25, 0.3) is 33.3 Å². The first-order valence-electron chi connectivity index (χ1n) is 9.31. The first-order valence-corrected chi connectivity index (χ1v) is 9.31. The Morgan fingerprint density at radius 1 is 1.00 bits per heavy atom. The van der Waals surface area contributed by atoms with Gasteiger partial charge in [0.15, 0.2) is 11.5 Å². The fourth-order valence-corrected chi connectivity index (χ4v) is 3.32. The van der Waals surface area contributed by atoms with E-state index in [0.717, 1.165) is 38.9 Å². The summed E-state index contributed by atoms with van der Waals surface area (Å²) in [6.45, 7) is 0. The maximum atomic E-state index is 6.18. The number of benzene rings is 2. The molecule has 1 N–H and O–H groups in total. The van der Waals surface area contributed by atoms with Crippen LogP contribution in [0.3, 0.4) is 0 Å². The highest BCUT2D eigenvalue weighted by atomic mass is 16.5.